The Bertz CT molecular complexity index is 626. The number of methoxy groups -OCH3 is 1. The van der Waals surface area contributed by atoms with Gasteiger partial charge in [-0.2, -0.15) is 0 Å². The Balaban J connectivity index is 1.61. The number of carbonyl (C=O) groups is 1. The molecule has 2 fully saturated rings. The molecule has 2 N–H and O–H groups in total. The van der Waals surface area contributed by atoms with E-state index in [9.17, 15) is 9.90 Å². The summed E-state index contributed by atoms with van der Waals surface area (Å²) in [5, 5.41) is 19.1. The molecule has 2 aliphatic heterocycles. The molecule has 144 valence electrons. The number of carboxylic acid groups (broad SMARTS) is 1. The highest BCUT2D eigenvalue weighted by molar-refractivity contribution is 5.68. The van der Waals surface area contributed by atoms with E-state index in [0.717, 1.165) is 57.5 Å². The first-order valence-corrected chi connectivity index (χ1v) is 9.08. The molecule has 1 aromatic carbocycles. The van der Waals surface area contributed by atoms with E-state index in [1.165, 1.54) is 7.11 Å². The molecule has 0 radical (unpaired) electrons. The van der Waals surface area contributed by atoms with Crippen LogP contribution in [0, 0.1) is 0 Å². The molecule has 2 saturated heterocycles. The molecular weight excluding hydrogens is 338 g/mol. The lowest BCUT2D eigenvalue weighted by Gasteiger charge is -2.46. The highest BCUT2D eigenvalue weighted by Crippen LogP contribution is 2.36. The maximum atomic E-state index is 10.7. The number of hydrogen-bond donors (Lipinski definition) is 2. The summed E-state index contributed by atoms with van der Waals surface area (Å²) in [4.78, 5) is 13.1. The molecule has 7 nitrogen and oxygen atoms in total. The van der Waals surface area contributed by atoms with E-state index in [0.29, 0.717) is 11.5 Å². The summed E-state index contributed by atoms with van der Waals surface area (Å²) < 4.78 is 16.5. The molecule has 0 saturated carbocycles. The molecule has 2 aliphatic rings. The van der Waals surface area contributed by atoms with Gasteiger partial charge < -0.3 is 24.4 Å². The second-order valence-electron chi connectivity index (χ2n) is 7.02. The number of hydrogen-bond acceptors (Lipinski definition) is 6. The first kappa shape index (κ1) is 18.9. The largest absolute Gasteiger partial charge is 0.493 e. The van der Waals surface area contributed by atoms with Crippen LogP contribution in [0.1, 0.15) is 31.2 Å². The molecule has 1 atom stereocenters. The van der Waals surface area contributed by atoms with Crippen LogP contribution in [0.3, 0.4) is 0 Å². The van der Waals surface area contributed by atoms with E-state index in [1.54, 1.807) is 6.07 Å². The number of aliphatic hydroxyl groups is 1. The van der Waals surface area contributed by atoms with E-state index in [2.05, 4.69) is 4.90 Å². The van der Waals surface area contributed by atoms with E-state index >= 15 is 0 Å². The fourth-order valence-electron chi connectivity index (χ4n) is 3.81. The average Bonchev–Trinajstić information content (AvgIpc) is 2.64. The van der Waals surface area contributed by atoms with Gasteiger partial charge in [0.2, 0.25) is 0 Å². The second kappa shape index (κ2) is 8.24. The molecule has 0 aliphatic carbocycles. The molecular formula is C19H27NO6. The van der Waals surface area contributed by atoms with Crippen molar-refractivity contribution in [1.82, 2.24) is 4.90 Å². The van der Waals surface area contributed by atoms with Crippen molar-refractivity contribution in [2.24, 2.45) is 0 Å². The Morgan fingerprint density at radius 2 is 2.12 bits per heavy atom. The lowest BCUT2D eigenvalue weighted by Crippen LogP contribution is -2.55. The standard InChI is InChI=1S/C19H27NO6/c1-24-15-5-4-14(11-16(15)25-13-18(22)23)12-20-8-6-19(7-9-20)17(21)3-2-10-26-19/h4-5,11,17,21H,2-3,6-10,12-13H2,1H3,(H,22,23). The monoisotopic (exact) mass is 365 g/mol. The Morgan fingerprint density at radius 3 is 2.77 bits per heavy atom. The lowest BCUT2D eigenvalue weighted by molar-refractivity contribution is -0.177. The van der Waals surface area contributed by atoms with Crippen molar-refractivity contribution in [3.05, 3.63) is 23.8 Å². The summed E-state index contributed by atoms with van der Waals surface area (Å²) in [5.41, 5.74) is 0.664. The molecule has 0 aromatic heterocycles. The Kier molecular flexibility index (Phi) is 6.01. The van der Waals surface area contributed by atoms with Gasteiger partial charge in [0, 0.05) is 26.2 Å². The SMILES string of the molecule is COc1ccc(CN2CCC3(CC2)OCCCC3O)cc1OCC(=O)O. The highest BCUT2D eigenvalue weighted by Gasteiger charge is 2.43. The molecule has 1 aromatic rings. The fraction of sp³-hybridized carbons (Fsp3) is 0.632. The van der Waals surface area contributed by atoms with Gasteiger partial charge in [0.05, 0.1) is 18.8 Å². The van der Waals surface area contributed by atoms with E-state index in [-0.39, 0.29) is 11.7 Å². The van der Waals surface area contributed by atoms with Crippen molar-refractivity contribution in [2.75, 3.05) is 33.4 Å². The van der Waals surface area contributed by atoms with Crippen LogP contribution in [0.2, 0.25) is 0 Å². The van der Waals surface area contributed by atoms with Gasteiger partial charge in [0.15, 0.2) is 18.1 Å². The summed E-state index contributed by atoms with van der Waals surface area (Å²) in [6.07, 6.45) is 3.04. The van der Waals surface area contributed by atoms with E-state index < -0.39 is 12.6 Å². The maximum absolute atomic E-state index is 10.7. The average molecular weight is 365 g/mol. The van der Waals surface area contributed by atoms with Gasteiger partial charge in [-0.25, -0.2) is 4.79 Å². The van der Waals surface area contributed by atoms with Gasteiger partial charge in [0.1, 0.15) is 0 Å². The third-order valence-electron chi connectivity index (χ3n) is 5.31. The summed E-state index contributed by atoms with van der Waals surface area (Å²) in [7, 11) is 1.53. The quantitative estimate of drug-likeness (QED) is 0.793. The van der Waals surface area contributed by atoms with Crippen molar-refractivity contribution in [2.45, 2.75) is 43.9 Å². The second-order valence-corrected chi connectivity index (χ2v) is 7.02. The summed E-state index contributed by atoms with van der Waals surface area (Å²) in [6, 6.07) is 5.59. The summed E-state index contributed by atoms with van der Waals surface area (Å²) >= 11 is 0. The first-order valence-electron chi connectivity index (χ1n) is 9.08. The lowest BCUT2D eigenvalue weighted by atomic mass is 9.82. The molecule has 0 bridgehead atoms. The Morgan fingerprint density at radius 1 is 1.35 bits per heavy atom. The van der Waals surface area contributed by atoms with Gasteiger partial charge in [-0.05, 0) is 43.4 Å². The van der Waals surface area contributed by atoms with Gasteiger partial charge >= 0.3 is 5.97 Å². The third-order valence-corrected chi connectivity index (χ3v) is 5.31. The maximum Gasteiger partial charge on any atom is 0.341 e. The van der Waals surface area contributed by atoms with Gasteiger partial charge in [-0.1, -0.05) is 6.07 Å². The van der Waals surface area contributed by atoms with Crippen LogP contribution in [-0.4, -0.2) is 66.2 Å². The normalized spacial score (nSPS) is 22.9. The van der Waals surface area contributed by atoms with Crippen molar-refractivity contribution in [3.8, 4) is 11.5 Å². The van der Waals surface area contributed by atoms with Crippen LogP contribution in [0.15, 0.2) is 18.2 Å². The number of aliphatic carboxylic acids is 1. The van der Waals surface area contributed by atoms with Gasteiger partial charge in [-0.15, -0.1) is 0 Å². The highest BCUT2D eigenvalue weighted by atomic mass is 16.5. The van der Waals surface area contributed by atoms with Crippen LogP contribution in [-0.2, 0) is 16.1 Å². The van der Waals surface area contributed by atoms with Crippen LogP contribution >= 0.6 is 0 Å². The summed E-state index contributed by atoms with van der Waals surface area (Å²) in [6.45, 7) is 2.78. The van der Waals surface area contributed by atoms with Crippen LogP contribution in [0.5, 0.6) is 11.5 Å². The number of likely N-dealkylation sites (tertiary alicyclic amines) is 1. The predicted molar refractivity (Wildman–Crippen MR) is 94.6 cm³/mol. The van der Waals surface area contributed by atoms with Crippen molar-refractivity contribution >= 4 is 5.97 Å². The number of benzene rings is 1. The smallest absolute Gasteiger partial charge is 0.341 e. The Labute approximate surface area is 153 Å². The fourth-order valence-corrected chi connectivity index (χ4v) is 3.81. The van der Waals surface area contributed by atoms with Gasteiger partial charge in [0.25, 0.3) is 0 Å². The van der Waals surface area contributed by atoms with Crippen molar-refractivity contribution in [3.63, 3.8) is 0 Å². The molecule has 26 heavy (non-hydrogen) atoms. The van der Waals surface area contributed by atoms with Crippen LogP contribution in [0.4, 0.5) is 0 Å². The van der Waals surface area contributed by atoms with Crippen molar-refractivity contribution in [1.29, 1.82) is 0 Å². The molecule has 2 heterocycles. The number of aliphatic hydroxyl groups excluding tert-OH is 1. The minimum absolute atomic E-state index is 0.365. The molecule has 7 heteroatoms. The number of rotatable bonds is 6. The molecule has 0 amide bonds. The number of carboxylic acids is 1. The molecule has 1 spiro atoms. The minimum atomic E-state index is -1.02. The van der Waals surface area contributed by atoms with E-state index in [4.69, 9.17) is 19.3 Å². The number of nitrogens with zero attached hydrogens (tertiary/aromatic N) is 1. The van der Waals surface area contributed by atoms with E-state index in [1.807, 2.05) is 12.1 Å². The topological polar surface area (TPSA) is 88.5 Å². The van der Waals surface area contributed by atoms with Crippen molar-refractivity contribution < 1.29 is 29.2 Å². The predicted octanol–water partition coefficient (Wildman–Crippen LogP) is 1.66. The molecule has 3 rings (SSSR count). The first-order chi connectivity index (χ1) is 12.5. The Hall–Kier alpha value is -1.83. The zero-order chi connectivity index (χ0) is 18.6. The molecule has 1 unspecified atom stereocenters. The number of piperidine rings is 1. The van der Waals surface area contributed by atoms with Gasteiger partial charge in [-0.3, -0.25) is 4.90 Å². The number of ether oxygens (including phenoxy) is 3. The zero-order valence-electron chi connectivity index (χ0n) is 15.1. The van der Waals surface area contributed by atoms with Crippen LogP contribution < -0.4 is 9.47 Å². The minimum Gasteiger partial charge on any atom is -0.493 e. The summed E-state index contributed by atoms with van der Waals surface area (Å²) in [5.74, 6) is -0.0666. The zero-order valence-corrected chi connectivity index (χ0v) is 15.1. The van der Waals surface area contributed by atoms with Crippen LogP contribution in [0.25, 0.3) is 0 Å². The third kappa shape index (κ3) is 4.28.